The molecule has 2 aromatic rings. The molecule has 0 unspecified atom stereocenters. The van der Waals surface area contributed by atoms with Crippen LogP contribution in [0.2, 0.25) is 5.02 Å². The van der Waals surface area contributed by atoms with Crippen molar-refractivity contribution in [1.29, 1.82) is 0 Å². The number of fused-ring (bicyclic) bond motifs is 1. The quantitative estimate of drug-likeness (QED) is 0.909. The van der Waals surface area contributed by atoms with Crippen LogP contribution in [0, 0.1) is 6.92 Å². The van der Waals surface area contributed by atoms with Crippen LogP contribution < -0.4 is 9.62 Å². The minimum Gasteiger partial charge on any atom is -0.320 e. The van der Waals surface area contributed by atoms with Gasteiger partial charge in [-0.2, -0.15) is 0 Å². The fourth-order valence-electron chi connectivity index (χ4n) is 2.83. The Kier molecular flexibility index (Phi) is 4.27. The van der Waals surface area contributed by atoms with Crippen LogP contribution in [-0.4, -0.2) is 27.1 Å². The molecule has 1 N–H and O–H groups in total. The Labute approximate surface area is 146 Å². The van der Waals surface area contributed by atoms with Crippen LogP contribution in [0.25, 0.3) is 0 Å². The molecule has 0 fully saturated rings. The van der Waals surface area contributed by atoms with E-state index < -0.39 is 10.0 Å². The van der Waals surface area contributed by atoms with Gasteiger partial charge in [0.1, 0.15) is 0 Å². The Bertz CT molecular complexity index is 905. The molecule has 1 amide bonds. The van der Waals surface area contributed by atoms with E-state index in [0.717, 1.165) is 11.1 Å². The molecule has 1 aliphatic heterocycles. The lowest BCUT2D eigenvalue weighted by Gasteiger charge is -2.16. The van der Waals surface area contributed by atoms with Gasteiger partial charge in [0.25, 0.3) is 5.91 Å². The highest BCUT2D eigenvalue weighted by Crippen LogP contribution is 2.31. The third kappa shape index (κ3) is 3.12. The van der Waals surface area contributed by atoms with Crippen LogP contribution in [0.5, 0.6) is 0 Å². The maximum absolute atomic E-state index is 12.5. The maximum atomic E-state index is 12.5. The van der Waals surface area contributed by atoms with Gasteiger partial charge < -0.3 is 5.32 Å². The first-order valence-corrected chi connectivity index (χ1v) is 9.67. The molecule has 0 aromatic heterocycles. The fourth-order valence-corrected chi connectivity index (χ4v) is 4.06. The smallest absolute Gasteiger partial charge is 0.255 e. The van der Waals surface area contributed by atoms with E-state index in [-0.39, 0.29) is 5.91 Å². The van der Waals surface area contributed by atoms with E-state index in [0.29, 0.717) is 34.9 Å². The number of amides is 1. The molecule has 5 nitrogen and oxygen atoms in total. The summed E-state index contributed by atoms with van der Waals surface area (Å²) in [4.78, 5) is 12.5. The van der Waals surface area contributed by atoms with Gasteiger partial charge in [-0.05, 0) is 48.7 Å². The number of halogens is 1. The molecule has 0 saturated carbocycles. The van der Waals surface area contributed by atoms with Crippen molar-refractivity contribution in [1.82, 2.24) is 0 Å². The number of nitrogens with one attached hydrogen (secondary N) is 1. The van der Waals surface area contributed by atoms with Crippen molar-refractivity contribution < 1.29 is 13.2 Å². The predicted molar refractivity (Wildman–Crippen MR) is 96.5 cm³/mol. The summed E-state index contributed by atoms with van der Waals surface area (Å²) in [5.41, 5.74) is 3.43. The SMILES string of the molecule is Cc1cccc(Cl)c1NC(=O)c1ccc2c(c1)CCN2S(C)(=O)=O. The highest BCUT2D eigenvalue weighted by molar-refractivity contribution is 7.92. The van der Waals surface area contributed by atoms with Gasteiger partial charge in [0.15, 0.2) is 0 Å². The Morgan fingerprint density at radius 3 is 2.67 bits per heavy atom. The average molecular weight is 365 g/mol. The van der Waals surface area contributed by atoms with Gasteiger partial charge in [0, 0.05) is 12.1 Å². The number of para-hydroxylation sites is 1. The van der Waals surface area contributed by atoms with Crippen LogP contribution in [0.15, 0.2) is 36.4 Å². The maximum Gasteiger partial charge on any atom is 0.255 e. The number of aryl methyl sites for hydroxylation is 1. The summed E-state index contributed by atoms with van der Waals surface area (Å²) in [5, 5.41) is 3.30. The zero-order valence-electron chi connectivity index (χ0n) is 13.3. The summed E-state index contributed by atoms with van der Waals surface area (Å²) in [6, 6.07) is 10.5. The zero-order chi connectivity index (χ0) is 17.5. The Hall–Kier alpha value is -2.05. The summed E-state index contributed by atoms with van der Waals surface area (Å²) in [6.07, 6.45) is 1.78. The summed E-state index contributed by atoms with van der Waals surface area (Å²) in [6.45, 7) is 2.27. The normalized spacial score (nSPS) is 13.7. The minimum absolute atomic E-state index is 0.271. The summed E-state index contributed by atoms with van der Waals surface area (Å²) in [5.74, 6) is -0.271. The van der Waals surface area contributed by atoms with E-state index in [9.17, 15) is 13.2 Å². The van der Waals surface area contributed by atoms with Gasteiger partial charge in [0.2, 0.25) is 10.0 Å². The van der Waals surface area contributed by atoms with Crippen molar-refractivity contribution in [3.05, 3.63) is 58.1 Å². The molecule has 3 rings (SSSR count). The second-order valence-electron chi connectivity index (χ2n) is 5.81. The molecule has 0 bridgehead atoms. The zero-order valence-corrected chi connectivity index (χ0v) is 14.9. The molecular formula is C17H17ClN2O3S. The van der Waals surface area contributed by atoms with Crippen LogP contribution in [0.4, 0.5) is 11.4 Å². The minimum atomic E-state index is -3.29. The van der Waals surface area contributed by atoms with Gasteiger partial charge in [-0.25, -0.2) is 8.42 Å². The van der Waals surface area contributed by atoms with E-state index in [4.69, 9.17) is 11.6 Å². The topological polar surface area (TPSA) is 66.5 Å². The van der Waals surface area contributed by atoms with Gasteiger partial charge in [-0.15, -0.1) is 0 Å². The lowest BCUT2D eigenvalue weighted by atomic mass is 10.1. The van der Waals surface area contributed by atoms with E-state index in [1.807, 2.05) is 19.1 Å². The monoisotopic (exact) mass is 364 g/mol. The van der Waals surface area contributed by atoms with Crippen LogP contribution in [-0.2, 0) is 16.4 Å². The number of sulfonamides is 1. The standard InChI is InChI=1S/C17H17ClN2O3S/c1-11-4-3-5-14(18)16(11)19-17(21)13-6-7-15-12(10-13)8-9-20(15)24(2,22)23/h3-7,10H,8-9H2,1-2H3,(H,19,21). The van der Waals surface area contributed by atoms with Gasteiger partial charge in [-0.3, -0.25) is 9.10 Å². The summed E-state index contributed by atoms with van der Waals surface area (Å²) >= 11 is 6.14. The van der Waals surface area contributed by atoms with E-state index in [2.05, 4.69) is 5.32 Å². The van der Waals surface area contributed by atoms with Crippen LogP contribution in [0.3, 0.4) is 0 Å². The first kappa shape index (κ1) is 16.8. The molecule has 0 saturated heterocycles. The van der Waals surface area contributed by atoms with Crippen LogP contribution >= 0.6 is 11.6 Å². The molecule has 24 heavy (non-hydrogen) atoms. The number of hydrogen-bond donors (Lipinski definition) is 1. The van der Waals surface area contributed by atoms with Crippen molar-refractivity contribution >= 4 is 38.9 Å². The average Bonchev–Trinajstić information content (AvgIpc) is 2.94. The number of carbonyl (C=O) groups is 1. The lowest BCUT2D eigenvalue weighted by Crippen LogP contribution is -2.27. The molecular weight excluding hydrogens is 348 g/mol. The largest absolute Gasteiger partial charge is 0.320 e. The van der Waals surface area contributed by atoms with Gasteiger partial charge in [0.05, 0.1) is 22.7 Å². The Balaban J connectivity index is 1.88. The van der Waals surface area contributed by atoms with E-state index in [1.54, 1.807) is 24.3 Å². The highest BCUT2D eigenvalue weighted by Gasteiger charge is 2.26. The third-order valence-corrected chi connectivity index (χ3v) is 5.55. The highest BCUT2D eigenvalue weighted by atomic mass is 35.5. The van der Waals surface area contributed by atoms with Crippen molar-refractivity contribution in [2.24, 2.45) is 0 Å². The number of rotatable bonds is 3. The molecule has 2 aromatic carbocycles. The molecule has 0 radical (unpaired) electrons. The number of hydrogen-bond acceptors (Lipinski definition) is 3. The van der Waals surface area contributed by atoms with Gasteiger partial charge >= 0.3 is 0 Å². The fraction of sp³-hybridized carbons (Fsp3) is 0.235. The Morgan fingerprint density at radius 1 is 1.25 bits per heavy atom. The van der Waals surface area contributed by atoms with Crippen LogP contribution in [0.1, 0.15) is 21.5 Å². The molecule has 126 valence electrons. The van der Waals surface area contributed by atoms with Gasteiger partial charge in [-0.1, -0.05) is 23.7 Å². The number of carbonyl (C=O) groups excluding carboxylic acids is 1. The van der Waals surface area contributed by atoms with E-state index >= 15 is 0 Å². The van der Waals surface area contributed by atoms with Crippen molar-refractivity contribution in [2.75, 3.05) is 22.4 Å². The molecule has 0 spiro atoms. The number of benzene rings is 2. The van der Waals surface area contributed by atoms with Crippen molar-refractivity contribution in [2.45, 2.75) is 13.3 Å². The lowest BCUT2D eigenvalue weighted by molar-refractivity contribution is 0.102. The number of anilines is 2. The predicted octanol–water partition coefficient (Wildman–Crippen LogP) is 3.22. The summed E-state index contributed by atoms with van der Waals surface area (Å²) in [7, 11) is -3.29. The molecule has 7 heteroatoms. The second-order valence-corrected chi connectivity index (χ2v) is 8.13. The van der Waals surface area contributed by atoms with Crippen molar-refractivity contribution in [3.8, 4) is 0 Å². The Morgan fingerprint density at radius 2 is 2.00 bits per heavy atom. The summed E-state index contributed by atoms with van der Waals surface area (Å²) < 4.78 is 24.9. The third-order valence-electron chi connectivity index (χ3n) is 4.06. The molecule has 1 aliphatic rings. The molecule has 0 aliphatic carbocycles. The number of nitrogens with zero attached hydrogens (tertiary/aromatic N) is 1. The first-order chi connectivity index (χ1) is 11.3. The molecule has 0 atom stereocenters. The first-order valence-electron chi connectivity index (χ1n) is 7.44. The van der Waals surface area contributed by atoms with Crippen molar-refractivity contribution in [3.63, 3.8) is 0 Å². The molecule has 1 heterocycles. The second kappa shape index (κ2) is 6.11. The van der Waals surface area contributed by atoms with E-state index in [1.165, 1.54) is 10.6 Å².